The number of urea groups is 1. The molecule has 6 nitrogen and oxygen atoms in total. The van der Waals surface area contributed by atoms with Gasteiger partial charge in [0.15, 0.2) is 0 Å². The van der Waals surface area contributed by atoms with Gasteiger partial charge in [-0.25, -0.2) is 9.78 Å². The first-order valence-electron chi connectivity index (χ1n) is 11.8. The van der Waals surface area contributed by atoms with E-state index in [4.69, 9.17) is 4.98 Å². The zero-order valence-electron chi connectivity index (χ0n) is 20.9. The van der Waals surface area contributed by atoms with Crippen molar-refractivity contribution in [2.75, 3.05) is 12.4 Å². The van der Waals surface area contributed by atoms with Gasteiger partial charge in [0.25, 0.3) is 5.56 Å². The molecule has 4 aromatic rings. The number of nitrogens with zero attached hydrogens (tertiary/aromatic N) is 3. The maximum atomic E-state index is 13.7. The zero-order valence-corrected chi connectivity index (χ0v) is 20.9. The summed E-state index contributed by atoms with van der Waals surface area (Å²) in [6.45, 7) is 5.73. The highest BCUT2D eigenvalue weighted by atomic mass is 19.4. The Labute approximate surface area is 212 Å². The minimum absolute atomic E-state index is 0.293. The Hall–Kier alpha value is -4.14. The average molecular weight is 509 g/mol. The van der Waals surface area contributed by atoms with Crippen molar-refractivity contribution >= 4 is 22.6 Å². The first-order valence-corrected chi connectivity index (χ1v) is 11.8. The van der Waals surface area contributed by atoms with Crippen LogP contribution in [0.25, 0.3) is 16.6 Å². The van der Waals surface area contributed by atoms with E-state index in [1.54, 1.807) is 24.3 Å². The standard InChI is InChI=1S/C28H27F3N4O2/c1-5-24(34(4)27(37)33-23-13-9-7-11-21(23)28(29,30)31)25-32-22-12-8-6-10-20(22)26(36)35(25)19-15-14-17(2)18(3)16-19/h6-16,24H,5H2,1-4H3,(H,33,37). The second kappa shape index (κ2) is 10.1. The molecule has 37 heavy (non-hydrogen) atoms. The molecule has 1 atom stereocenters. The molecule has 1 heterocycles. The fraction of sp³-hybridized carbons (Fsp3) is 0.250. The van der Waals surface area contributed by atoms with Crippen LogP contribution in [0.1, 0.15) is 41.9 Å². The van der Waals surface area contributed by atoms with Crippen LogP contribution in [0, 0.1) is 13.8 Å². The van der Waals surface area contributed by atoms with Gasteiger partial charge in [-0.2, -0.15) is 13.2 Å². The monoisotopic (exact) mass is 508 g/mol. The van der Waals surface area contributed by atoms with E-state index in [1.165, 1.54) is 34.7 Å². The first-order chi connectivity index (χ1) is 17.5. The Bertz CT molecular complexity index is 1530. The molecule has 0 radical (unpaired) electrons. The molecule has 1 N–H and O–H groups in total. The number of anilines is 1. The number of benzene rings is 3. The Balaban J connectivity index is 1.82. The molecule has 0 aliphatic rings. The molecule has 0 bridgehead atoms. The largest absolute Gasteiger partial charge is 0.418 e. The summed E-state index contributed by atoms with van der Waals surface area (Å²) in [6.07, 6.45) is -4.27. The van der Waals surface area contributed by atoms with Crippen molar-refractivity contribution in [2.24, 2.45) is 0 Å². The molecule has 9 heteroatoms. The summed E-state index contributed by atoms with van der Waals surface area (Å²) in [7, 11) is 1.48. The number of rotatable bonds is 5. The van der Waals surface area contributed by atoms with Crippen LogP contribution >= 0.6 is 0 Å². The number of carbonyl (C=O) groups is 1. The third-order valence-corrected chi connectivity index (χ3v) is 6.50. The number of amides is 2. The lowest BCUT2D eigenvalue weighted by Gasteiger charge is -2.29. The Morgan fingerprint density at radius 1 is 1.03 bits per heavy atom. The number of hydrogen-bond acceptors (Lipinski definition) is 3. The predicted octanol–water partition coefficient (Wildman–Crippen LogP) is 6.64. The quantitative estimate of drug-likeness (QED) is 0.329. The summed E-state index contributed by atoms with van der Waals surface area (Å²) in [5, 5.41) is 2.80. The van der Waals surface area contributed by atoms with Crippen molar-refractivity contribution in [3.8, 4) is 5.69 Å². The minimum Gasteiger partial charge on any atom is -0.317 e. The number of aryl methyl sites for hydroxylation is 2. The number of fused-ring (bicyclic) bond motifs is 1. The number of para-hydroxylation sites is 2. The van der Waals surface area contributed by atoms with Gasteiger partial charge in [0.05, 0.1) is 33.9 Å². The molecule has 1 aromatic heterocycles. The van der Waals surface area contributed by atoms with Crippen molar-refractivity contribution < 1.29 is 18.0 Å². The Morgan fingerprint density at radius 2 is 1.70 bits per heavy atom. The second-order valence-electron chi connectivity index (χ2n) is 8.90. The van der Waals surface area contributed by atoms with Crippen molar-refractivity contribution in [3.05, 3.63) is 99.6 Å². The first kappa shape index (κ1) is 25.9. The minimum atomic E-state index is -4.63. The van der Waals surface area contributed by atoms with E-state index in [9.17, 15) is 22.8 Å². The van der Waals surface area contributed by atoms with Crippen molar-refractivity contribution in [1.82, 2.24) is 14.5 Å². The third-order valence-electron chi connectivity index (χ3n) is 6.50. The van der Waals surface area contributed by atoms with Crippen LogP contribution in [0.5, 0.6) is 0 Å². The summed E-state index contributed by atoms with van der Waals surface area (Å²) < 4.78 is 41.9. The van der Waals surface area contributed by atoms with Crippen molar-refractivity contribution in [1.29, 1.82) is 0 Å². The average Bonchev–Trinajstić information content (AvgIpc) is 2.86. The van der Waals surface area contributed by atoms with Crippen molar-refractivity contribution in [2.45, 2.75) is 39.4 Å². The molecule has 3 aromatic carbocycles. The van der Waals surface area contributed by atoms with Gasteiger partial charge in [0.1, 0.15) is 5.82 Å². The van der Waals surface area contributed by atoms with Crippen LogP contribution in [0.3, 0.4) is 0 Å². The molecule has 0 fully saturated rings. The van der Waals surface area contributed by atoms with Crippen LogP contribution < -0.4 is 10.9 Å². The highest BCUT2D eigenvalue weighted by Crippen LogP contribution is 2.35. The molecule has 0 saturated heterocycles. The predicted molar refractivity (Wildman–Crippen MR) is 138 cm³/mol. The van der Waals surface area contributed by atoms with Crippen LogP contribution in [0.4, 0.5) is 23.7 Å². The Morgan fingerprint density at radius 3 is 2.38 bits per heavy atom. The lowest BCUT2D eigenvalue weighted by Crippen LogP contribution is -2.38. The highest BCUT2D eigenvalue weighted by molar-refractivity contribution is 5.90. The molecular weight excluding hydrogens is 481 g/mol. The molecule has 1 unspecified atom stereocenters. The lowest BCUT2D eigenvalue weighted by atomic mass is 10.1. The van der Waals surface area contributed by atoms with Crippen LogP contribution in [0.2, 0.25) is 0 Å². The Kier molecular flexibility index (Phi) is 7.07. The van der Waals surface area contributed by atoms with Gasteiger partial charge >= 0.3 is 12.2 Å². The molecule has 0 spiro atoms. The summed E-state index contributed by atoms with van der Waals surface area (Å²) in [4.78, 5) is 32.9. The summed E-state index contributed by atoms with van der Waals surface area (Å²) in [6, 6.07) is 15.9. The van der Waals surface area contributed by atoms with E-state index in [2.05, 4.69) is 5.32 Å². The van der Waals surface area contributed by atoms with E-state index >= 15 is 0 Å². The van der Waals surface area contributed by atoms with E-state index in [-0.39, 0.29) is 11.2 Å². The number of hydrogen-bond donors (Lipinski definition) is 1. The van der Waals surface area contributed by atoms with Crippen LogP contribution in [-0.2, 0) is 6.18 Å². The number of alkyl halides is 3. The zero-order chi connectivity index (χ0) is 26.9. The number of aromatic nitrogens is 2. The normalized spacial score (nSPS) is 12.4. The van der Waals surface area contributed by atoms with Gasteiger partial charge in [-0.05, 0) is 67.8 Å². The van der Waals surface area contributed by atoms with E-state index < -0.39 is 23.8 Å². The van der Waals surface area contributed by atoms with Crippen molar-refractivity contribution in [3.63, 3.8) is 0 Å². The smallest absolute Gasteiger partial charge is 0.317 e. The van der Waals surface area contributed by atoms with Gasteiger partial charge in [0, 0.05) is 7.05 Å². The SMILES string of the molecule is CCC(c1nc2ccccc2c(=O)n1-c1ccc(C)c(C)c1)N(C)C(=O)Nc1ccccc1C(F)(F)F. The summed E-state index contributed by atoms with van der Waals surface area (Å²) in [5.74, 6) is 0.316. The molecule has 192 valence electrons. The van der Waals surface area contributed by atoms with E-state index in [0.717, 1.165) is 17.2 Å². The molecule has 0 aliphatic carbocycles. The summed E-state index contributed by atoms with van der Waals surface area (Å²) in [5.41, 5.74) is 1.51. The molecule has 0 aliphatic heterocycles. The maximum Gasteiger partial charge on any atom is 0.418 e. The van der Waals surface area contributed by atoms with Gasteiger partial charge in [0.2, 0.25) is 0 Å². The number of carbonyl (C=O) groups excluding carboxylic acids is 1. The number of nitrogens with one attached hydrogen (secondary N) is 1. The van der Waals surface area contributed by atoms with Gasteiger partial charge in [-0.1, -0.05) is 37.3 Å². The van der Waals surface area contributed by atoms with Crippen LogP contribution in [-0.4, -0.2) is 27.5 Å². The lowest BCUT2D eigenvalue weighted by molar-refractivity contribution is -0.136. The van der Waals surface area contributed by atoms with E-state index in [1.807, 2.05) is 39.0 Å². The fourth-order valence-electron chi connectivity index (χ4n) is 4.30. The highest BCUT2D eigenvalue weighted by Gasteiger charge is 2.34. The van der Waals surface area contributed by atoms with Gasteiger partial charge < -0.3 is 10.2 Å². The van der Waals surface area contributed by atoms with Gasteiger partial charge in [-0.3, -0.25) is 9.36 Å². The molecule has 2 amide bonds. The van der Waals surface area contributed by atoms with Gasteiger partial charge in [-0.15, -0.1) is 0 Å². The van der Waals surface area contributed by atoms with Crippen LogP contribution in [0.15, 0.2) is 71.5 Å². The molecule has 4 rings (SSSR count). The molecular formula is C28H27F3N4O2. The molecule has 0 saturated carbocycles. The third kappa shape index (κ3) is 5.07. The topological polar surface area (TPSA) is 67.2 Å². The van der Waals surface area contributed by atoms with E-state index in [0.29, 0.717) is 28.8 Å². The fourth-order valence-corrected chi connectivity index (χ4v) is 4.30. The number of halogens is 3. The summed E-state index contributed by atoms with van der Waals surface area (Å²) >= 11 is 0. The maximum absolute atomic E-state index is 13.7. The second-order valence-corrected chi connectivity index (χ2v) is 8.90.